The van der Waals surface area contributed by atoms with Crippen LogP contribution in [0.5, 0.6) is 0 Å². The Bertz CT molecular complexity index is 4620. The Morgan fingerprint density at radius 2 is 0.451 bits per heavy atom. The predicted molar refractivity (Wildman–Crippen MR) is 309 cm³/mol. The van der Waals surface area contributed by atoms with Crippen molar-refractivity contribution in [1.82, 2.24) is 9.13 Å². The Balaban J connectivity index is 1.19. The van der Waals surface area contributed by atoms with E-state index in [1.165, 1.54) is 24.3 Å². The molecule has 12 rings (SSSR count). The van der Waals surface area contributed by atoms with E-state index in [9.17, 15) is 52.6 Å². The van der Waals surface area contributed by atoms with Crippen LogP contribution >= 0.6 is 0 Å². The van der Waals surface area contributed by atoms with Gasteiger partial charge in [0.2, 0.25) is 0 Å². The standard InChI is InChI=1S/C70H30N12/c71-31-41-2-1-3-50(16-41)59-29-69(81-65-8-4-51(55-17-42(32-72)12-43(18-55)33-73)25-60(65)61-26-52(5-9-66(61)81)56-19-44(34-74)13-45(20-56)35-75)64(40-80)70(30-59)82-67-10-6-53(57-21-46(36-76)14-47(22-57)37-77)27-62(67)63-28-54(7-11-68(63)82)58-23-48(38-78)15-49(24-58)39-79/h1-30H. The molecule has 12 nitrogen and oxygen atoms in total. The molecule has 0 spiro atoms. The minimum atomic E-state index is 0.264. The largest absolute Gasteiger partial charge is 0.308 e. The Hall–Kier alpha value is -13.3. The average Bonchev–Trinajstić information content (AvgIpc) is 4.23. The third-order valence-electron chi connectivity index (χ3n) is 14.6. The van der Waals surface area contributed by atoms with Gasteiger partial charge in [-0.25, -0.2) is 0 Å². The molecule has 0 saturated carbocycles. The Kier molecular flexibility index (Phi) is 12.1. The molecule has 0 saturated heterocycles. The molecule has 0 bridgehead atoms. The van der Waals surface area contributed by atoms with E-state index in [0.29, 0.717) is 139 Å². The number of nitriles is 10. The molecule has 10 aromatic carbocycles. The Labute approximate surface area is 468 Å². The Morgan fingerprint density at radius 1 is 0.207 bits per heavy atom. The second-order valence-electron chi connectivity index (χ2n) is 19.4. The van der Waals surface area contributed by atoms with E-state index in [0.717, 1.165) is 21.5 Å². The number of hydrogen-bond acceptors (Lipinski definition) is 10. The van der Waals surface area contributed by atoms with Gasteiger partial charge in [0.15, 0.2) is 0 Å². The summed E-state index contributed by atoms with van der Waals surface area (Å²) >= 11 is 0. The molecular weight excluding hydrogens is 1010 g/mol. The normalized spacial score (nSPS) is 10.6. The summed E-state index contributed by atoms with van der Waals surface area (Å²) in [7, 11) is 0. The molecule has 0 fully saturated rings. The molecule has 0 atom stereocenters. The third kappa shape index (κ3) is 8.44. The van der Waals surface area contributed by atoms with Crippen molar-refractivity contribution in [3.63, 3.8) is 0 Å². The minimum absolute atomic E-state index is 0.264. The van der Waals surface area contributed by atoms with Gasteiger partial charge in [-0.1, -0.05) is 36.4 Å². The topological polar surface area (TPSA) is 248 Å². The quantitative estimate of drug-likeness (QED) is 0.146. The molecular formula is C70H30N12. The van der Waals surface area contributed by atoms with E-state index in [2.05, 4.69) is 60.7 Å². The second-order valence-corrected chi connectivity index (χ2v) is 19.4. The first kappa shape index (κ1) is 49.6. The molecule has 0 unspecified atom stereocenters. The summed E-state index contributed by atoms with van der Waals surface area (Å²) < 4.78 is 4.04. The summed E-state index contributed by atoms with van der Waals surface area (Å²) in [5.41, 5.74) is 13.6. The molecule has 0 aliphatic carbocycles. The number of fused-ring (bicyclic) bond motifs is 6. The van der Waals surface area contributed by atoms with Crippen LogP contribution in [0.4, 0.5) is 0 Å². The SMILES string of the molecule is N#Cc1cccc(-c2cc(-n3c4ccc(-c5cc(C#N)cc(C#N)c5)cc4c4cc(-c5cc(C#N)cc(C#N)c5)ccc43)c(C#N)c(-n3c4ccc(-c5cc(C#N)cc(C#N)c5)cc4c4cc(-c5cc(C#N)cc(C#N)c5)ccc43)c2)c1. The third-order valence-corrected chi connectivity index (χ3v) is 14.6. The van der Waals surface area contributed by atoms with E-state index in [4.69, 9.17) is 0 Å². The van der Waals surface area contributed by atoms with Gasteiger partial charge < -0.3 is 9.13 Å². The highest BCUT2D eigenvalue weighted by molar-refractivity contribution is 6.14. The van der Waals surface area contributed by atoms with Crippen LogP contribution in [-0.4, -0.2) is 9.13 Å². The van der Waals surface area contributed by atoms with E-state index in [1.807, 2.05) is 100 Å². The first-order valence-corrected chi connectivity index (χ1v) is 25.2. The zero-order valence-corrected chi connectivity index (χ0v) is 42.7. The van der Waals surface area contributed by atoms with Crippen LogP contribution in [0.1, 0.15) is 55.6 Å². The highest BCUT2D eigenvalue weighted by Crippen LogP contribution is 2.44. The Morgan fingerprint density at radius 3 is 0.707 bits per heavy atom. The van der Waals surface area contributed by atoms with Crippen molar-refractivity contribution in [2.24, 2.45) is 0 Å². The van der Waals surface area contributed by atoms with Gasteiger partial charge in [-0.3, -0.25) is 0 Å². The zero-order valence-electron chi connectivity index (χ0n) is 42.7. The summed E-state index contributed by atoms with van der Waals surface area (Å²) in [5.74, 6) is 0. The van der Waals surface area contributed by atoms with Crippen LogP contribution in [-0.2, 0) is 0 Å². The van der Waals surface area contributed by atoms with Crippen LogP contribution < -0.4 is 0 Å². The lowest BCUT2D eigenvalue weighted by Crippen LogP contribution is -2.05. The van der Waals surface area contributed by atoms with Crippen molar-refractivity contribution in [3.05, 3.63) is 238 Å². The fourth-order valence-electron chi connectivity index (χ4n) is 11.0. The lowest BCUT2D eigenvalue weighted by molar-refractivity contribution is 1.12. The summed E-state index contributed by atoms with van der Waals surface area (Å²) in [6.45, 7) is 0. The van der Waals surface area contributed by atoms with Crippen molar-refractivity contribution in [2.75, 3.05) is 0 Å². The summed E-state index contributed by atoms with van der Waals surface area (Å²) in [4.78, 5) is 0. The van der Waals surface area contributed by atoms with Gasteiger partial charge in [-0.15, -0.1) is 0 Å². The molecule has 12 aromatic rings. The maximum atomic E-state index is 11.9. The molecule has 0 aliphatic heterocycles. The zero-order chi connectivity index (χ0) is 56.8. The van der Waals surface area contributed by atoms with Gasteiger partial charge in [-0.05, 0) is 201 Å². The van der Waals surface area contributed by atoms with Crippen molar-refractivity contribution in [3.8, 4) is 128 Å². The minimum Gasteiger partial charge on any atom is -0.308 e. The number of nitrogens with zero attached hydrogens (tertiary/aromatic N) is 12. The molecule has 0 radical (unpaired) electrons. The molecule has 370 valence electrons. The van der Waals surface area contributed by atoms with Crippen LogP contribution in [0.15, 0.2) is 182 Å². The van der Waals surface area contributed by atoms with Crippen molar-refractivity contribution >= 4 is 43.6 Å². The molecule has 2 heterocycles. The molecule has 12 heteroatoms. The van der Waals surface area contributed by atoms with Crippen LogP contribution in [0.2, 0.25) is 0 Å². The predicted octanol–water partition coefficient (Wildman–Crippen LogP) is 14.9. The van der Waals surface area contributed by atoms with Gasteiger partial charge in [0, 0.05) is 21.5 Å². The molecule has 0 aliphatic rings. The molecule has 0 amide bonds. The first-order chi connectivity index (χ1) is 40.1. The van der Waals surface area contributed by atoms with Gasteiger partial charge in [0.25, 0.3) is 0 Å². The average molecular weight is 1040 g/mol. The monoisotopic (exact) mass is 1040 g/mol. The number of rotatable bonds is 7. The van der Waals surface area contributed by atoms with E-state index in [1.54, 1.807) is 66.7 Å². The maximum absolute atomic E-state index is 11.9. The van der Waals surface area contributed by atoms with Crippen LogP contribution in [0.3, 0.4) is 0 Å². The number of aromatic nitrogens is 2. The van der Waals surface area contributed by atoms with E-state index >= 15 is 0 Å². The van der Waals surface area contributed by atoms with Gasteiger partial charge >= 0.3 is 0 Å². The lowest BCUT2D eigenvalue weighted by atomic mass is 9.97. The molecule has 2 aromatic heterocycles. The lowest BCUT2D eigenvalue weighted by Gasteiger charge is -2.19. The summed E-state index contributed by atoms with van der Waals surface area (Å²) in [6, 6.07) is 76.5. The van der Waals surface area contributed by atoms with E-state index in [-0.39, 0.29) is 5.56 Å². The summed E-state index contributed by atoms with van der Waals surface area (Å²) in [5, 5.41) is 105. The van der Waals surface area contributed by atoms with Crippen molar-refractivity contribution < 1.29 is 0 Å². The summed E-state index contributed by atoms with van der Waals surface area (Å²) in [6.07, 6.45) is 0. The van der Waals surface area contributed by atoms with Crippen molar-refractivity contribution in [2.45, 2.75) is 0 Å². The van der Waals surface area contributed by atoms with Crippen LogP contribution in [0, 0.1) is 113 Å². The van der Waals surface area contributed by atoms with Crippen LogP contribution in [0.25, 0.3) is 111 Å². The highest BCUT2D eigenvalue weighted by Gasteiger charge is 2.25. The number of benzene rings is 10. The maximum Gasteiger partial charge on any atom is 0.104 e. The van der Waals surface area contributed by atoms with Gasteiger partial charge in [-0.2, -0.15) is 52.6 Å². The highest BCUT2D eigenvalue weighted by atomic mass is 15.0. The molecule has 82 heavy (non-hydrogen) atoms. The fraction of sp³-hybridized carbons (Fsp3) is 0. The fourth-order valence-corrected chi connectivity index (χ4v) is 11.0. The van der Waals surface area contributed by atoms with Crippen molar-refractivity contribution in [1.29, 1.82) is 52.6 Å². The van der Waals surface area contributed by atoms with E-state index < -0.39 is 0 Å². The second kappa shape index (κ2) is 20.0. The smallest absolute Gasteiger partial charge is 0.104 e. The first-order valence-electron chi connectivity index (χ1n) is 25.2. The molecule has 0 N–H and O–H groups in total. The van der Waals surface area contributed by atoms with Gasteiger partial charge in [0.05, 0.1) is 138 Å². The van der Waals surface area contributed by atoms with Gasteiger partial charge in [0.1, 0.15) is 11.6 Å². The number of hydrogen-bond donors (Lipinski definition) is 0.